The number of furan rings is 1. The van der Waals surface area contributed by atoms with Gasteiger partial charge in [-0.25, -0.2) is 4.79 Å². The second-order valence-electron chi connectivity index (χ2n) is 4.68. The molecule has 100 valence electrons. The Bertz CT molecular complexity index is 582. The predicted octanol–water partition coefficient (Wildman–Crippen LogP) is 2.27. The molecule has 0 saturated carbocycles. The molecule has 19 heavy (non-hydrogen) atoms. The highest BCUT2D eigenvalue weighted by atomic mass is 16.4. The molecule has 1 aromatic heterocycles. The molecule has 0 fully saturated rings. The SMILES string of the molecule is CC(C)C(NC(=O)c1cc2ccccc2o1)C(=O)O. The Labute approximate surface area is 110 Å². The lowest BCUT2D eigenvalue weighted by atomic mass is 10.0. The summed E-state index contributed by atoms with van der Waals surface area (Å²) in [7, 11) is 0. The molecule has 1 unspecified atom stereocenters. The number of carboxylic acid groups (broad SMARTS) is 1. The summed E-state index contributed by atoms with van der Waals surface area (Å²) < 4.78 is 5.39. The van der Waals surface area contributed by atoms with Gasteiger partial charge in [-0.15, -0.1) is 0 Å². The fourth-order valence-corrected chi connectivity index (χ4v) is 1.82. The number of carbonyl (C=O) groups is 2. The van der Waals surface area contributed by atoms with E-state index in [1.54, 1.807) is 26.0 Å². The molecule has 0 aliphatic carbocycles. The highest BCUT2D eigenvalue weighted by Gasteiger charge is 2.25. The topological polar surface area (TPSA) is 79.5 Å². The van der Waals surface area contributed by atoms with Gasteiger partial charge in [0, 0.05) is 5.39 Å². The minimum Gasteiger partial charge on any atom is -0.480 e. The quantitative estimate of drug-likeness (QED) is 0.884. The lowest BCUT2D eigenvalue weighted by Crippen LogP contribution is -2.44. The van der Waals surface area contributed by atoms with Gasteiger partial charge in [-0.1, -0.05) is 32.0 Å². The Morgan fingerprint density at radius 1 is 1.26 bits per heavy atom. The zero-order chi connectivity index (χ0) is 14.0. The maximum atomic E-state index is 12.0. The molecule has 0 saturated heterocycles. The van der Waals surface area contributed by atoms with Gasteiger partial charge >= 0.3 is 5.97 Å². The van der Waals surface area contributed by atoms with Crippen molar-refractivity contribution >= 4 is 22.8 Å². The van der Waals surface area contributed by atoms with E-state index in [2.05, 4.69) is 5.32 Å². The second-order valence-corrected chi connectivity index (χ2v) is 4.68. The summed E-state index contributed by atoms with van der Waals surface area (Å²) in [6.45, 7) is 3.47. The van der Waals surface area contributed by atoms with Crippen LogP contribution in [-0.4, -0.2) is 23.0 Å². The third kappa shape index (κ3) is 2.76. The van der Waals surface area contributed by atoms with Crippen LogP contribution in [0.2, 0.25) is 0 Å². The van der Waals surface area contributed by atoms with E-state index in [1.165, 1.54) is 0 Å². The van der Waals surface area contributed by atoms with Crippen LogP contribution in [-0.2, 0) is 4.79 Å². The number of carbonyl (C=O) groups excluding carboxylic acids is 1. The van der Waals surface area contributed by atoms with Crippen molar-refractivity contribution in [3.63, 3.8) is 0 Å². The smallest absolute Gasteiger partial charge is 0.326 e. The second kappa shape index (κ2) is 5.14. The van der Waals surface area contributed by atoms with E-state index in [0.717, 1.165) is 5.39 Å². The Morgan fingerprint density at radius 3 is 2.53 bits per heavy atom. The van der Waals surface area contributed by atoms with Crippen LogP contribution < -0.4 is 5.32 Å². The molecule has 2 rings (SSSR count). The maximum absolute atomic E-state index is 12.0. The molecule has 5 heteroatoms. The van der Waals surface area contributed by atoms with Crippen LogP contribution in [0.5, 0.6) is 0 Å². The lowest BCUT2D eigenvalue weighted by molar-refractivity contribution is -0.140. The van der Waals surface area contributed by atoms with Crippen molar-refractivity contribution in [2.45, 2.75) is 19.9 Å². The zero-order valence-corrected chi connectivity index (χ0v) is 10.7. The molecular weight excluding hydrogens is 246 g/mol. The van der Waals surface area contributed by atoms with Gasteiger partial charge in [0.1, 0.15) is 11.6 Å². The molecule has 0 radical (unpaired) electrons. The molecule has 0 aliphatic heterocycles. The molecule has 0 aliphatic rings. The van der Waals surface area contributed by atoms with Gasteiger partial charge < -0.3 is 14.8 Å². The van der Waals surface area contributed by atoms with E-state index in [4.69, 9.17) is 9.52 Å². The third-order valence-electron chi connectivity index (χ3n) is 2.87. The van der Waals surface area contributed by atoms with Crippen molar-refractivity contribution in [1.29, 1.82) is 0 Å². The molecule has 1 atom stereocenters. The number of hydrogen-bond donors (Lipinski definition) is 2. The summed E-state index contributed by atoms with van der Waals surface area (Å²) in [5, 5.41) is 12.3. The maximum Gasteiger partial charge on any atom is 0.326 e. The molecule has 2 aromatic rings. The van der Waals surface area contributed by atoms with E-state index in [-0.39, 0.29) is 11.7 Å². The van der Waals surface area contributed by atoms with E-state index in [0.29, 0.717) is 5.58 Å². The number of carboxylic acids is 1. The van der Waals surface area contributed by atoms with Crippen molar-refractivity contribution in [2.75, 3.05) is 0 Å². The molecule has 0 bridgehead atoms. The van der Waals surface area contributed by atoms with E-state index in [9.17, 15) is 9.59 Å². The van der Waals surface area contributed by atoms with Gasteiger partial charge in [0.2, 0.25) is 0 Å². The van der Waals surface area contributed by atoms with Crippen LogP contribution >= 0.6 is 0 Å². The number of para-hydroxylation sites is 1. The number of rotatable bonds is 4. The lowest BCUT2D eigenvalue weighted by Gasteiger charge is -2.16. The Balaban J connectivity index is 2.21. The monoisotopic (exact) mass is 261 g/mol. The first-order valence-corrected chi connectivity index (χ1v) is 6.01. The van der Waals surface area contributed by atoms with Gasteiger partial charge in [-0.2, -0.15) is 0 Å². The molecular formula is C14H15NO4. The number of fused-ring (bicyclic) bond motifs is 1. The largest absolute Gasteiger partial charge is 0.480 e. The number of aliphatic carboxylic acids is 1. The number of hydrogen-bond acceptors (Lipinski definition) is 3. The van der Waals surface area contributed by atoms with Crippen LogP contribution in [0, 0.1) is 5.92 Å². The molecule has 1 aromatic carbocycles. The first-order chi connectivity index (χ1) is 8.99. The number of nitrogens with one attached hydrogen (secondary N) is 1. The number of benzene rings is 1. The summed E-state index contributed by atoms with van der Waals surface area (Å²) in [5.74, 6) is -1.66. The van der Waals surface area contributed by atoms with Crippen molar-refractivity contribution in [1.82, 2.24) is 5.32 Å². The Hall–Kier alpha value is -2.30. The van der Waals surface area contributed by atoms with Crippen molar-refractivity contribution in [2.24, 2.45) is 5.92 Å². The summed E-state index contributed by atoms with van der Waals surface area (Å²) in [6.07, 6.45) is 0. The standard InChI is InChI=1S/C14H15NO4/c1-8(2)12(14(17)18)15-13(16)11-7-9-5-3-4-6-10(9)19-11/h3-8,12H,1-2H3,(H,15,16)(H,17,18). The van der Waals surface area contributed by atoms with Crippen LogP contribution in [0.15, 0.2) is 34.7 Å². The highest BCUT2D eigenvalue weighted by Crippen LogP contribution is 2.19. The highest BCUT2D eigenvalue weighted by molar-refractivity contribution is 5.97. The Kier molecular flexibility index (Phi) is 3.55. The molecule has 5 nitrogen and oxygen atoms in total. The van der Waals surface area contributed by atoms with Gasteiger partial charge in [-0.05, 0) is 18.1 Å². The summed E-state index contributed by atoms with van der Waals surface area (Å²) >= 11 is 0. The van der Waals surface area contributed by atoms with Gasteiger partial charge in [-0.3, -0.25) is 4.79 Å². The fraction of sp³-hybridized carbons (Fsp3) is 0.286. The first kappa shape index (κ1) is 13.1. The van der Waals surface area contributed by atoms with E-state index in [1.807, 2.05) is 18.2 Å². The van der Waals surface area contributed by atoms with Crippen LogP contribution in [0.4, 0.5) is 0 Å². The normalized spacial score (nSPS) is 12.6. The zero-order valence-electron chi connectivity index (χ0n) is 10.7. The molecule has 0 spiro atoms. The number of amides is 1. The molecule has 2 N–H and O–H groups in total. The van der Waals surface area contributed by atoms with Crippen molar-refractivity contribution in [3.05, 3.63) is 36.1 Å². The van der Waals surface area contributed by atoms with Crippen molar-refractivity contribution < 1.29 is 19.1 Å². The average molecular weight is 261 g/mol. The van der Waals surface area contributed by atoms with Gasteiger partial charge in [0.15, 0.2) is 5.76 Å². The predicted molar refractivity (Wildman–Crippen MR) is 69.9 cm³/mol. The molecule has 1 amide bonds. The first-order valence-electron chi connectivity index (χ1n) is 6.01. The van der Waals surface area contributed by atoms with Gasteiger partial charge in [0.25, 0.3) is 5.91 Å². The summed E-state index contributed by atoms with van der Waals surface area (Å²) in [6, 6.07) is 7.90. The van der Waals surface area contributed by atoms with E-state index < -0.39 is 17.9 Å². The summed E-state index contributed by atoms with van der Waals surface area (Å²) in [5.41, 5.74) is 0.601. The summed E-state index contributed by atoms with van der Waals surface area (Å²) in [4.78, 5) is 23.0. The minimum absolute atomic E-state index is 0.119. The fourth-order valence-electron chi connectivity index (χ4n) is 1.82. The third-order valence-corrected chi connectivity index (χ3v) is 2.87. The van der Waals surface area contributed by atoms with Crippen LogP contribution in [0.1, 0.15) is 24.4 Å². The molecule has 1 heterocycles. The van der Waals surface area contributed by atoms with E-state index >= 15 is 0 Å². The van der Waals surface area contributed by atoms with Crippen LogP contribution in [0.25, 0.3) is 11.0 Å². The van der Waals surface area contributed by atoms with Gasteiger partial charge in [0.05, 0.1) is 0 Å². The average Bonchev–Trinajstić information content (AvgIpc) is 2.78. The Morgan fingerprint density at radius 2 is 1.95 bits per heavy atom. The van der Waals surface area contributed by atoms with Crippen molar-refractivity contribution in [3.8, 4) is 0 Å². The van der Waals surface area contributed by atoms with Crippen LogP contribution in [0.3, 0.4) is 0 Å². The minimum atomic E-state index is -1.06.